The first-order chi connectivity index (χ1) is 11.7. The molecule has 2 aromatic heterocycles. The molecule has 24 heavy (non-hydrogen) atoms. The number of hydrogen-bond acceptors (Lipinski definition) is 2. The van der Waals surface area contributed by atoms with Gasteiger partial charge in [-0.2, -0.15) is 5.10 Å². The average Bonchev–Trinajstić information content (AvgIpc) is 3.21. The number of amides is 1. The lowest BCUT2D eigenvalue weighted by molar-refractivity contribution is -0.134. The van der Waals surface area contributed by atoms with Gasteiger partial charge in [0, 0.05) is 23.6 Å². The number of nitrogens with zero attached hydrogens (tertiary/aromatic N) is 2. The summed E-state index contributed by atoms with van der Waals surface area (Å²) in [6.07, 6.45) is 7.47. The summed E-state index contributed by atoms with van der Waals surface area (Å²) >= 11 is 0. The highest BCUT2D eigenvalue weighted by atomic mass is 16.2. The summed E-state index contributed by atoms with van der Waals surface area (Å²) < 4.78 is 0. The third-order valence-corrected chi connectivity index (χ3v) is 5.04. The van der Waals surface area contributed by atoms with Crippen LogP contribution in [0.2, 0.25) is 0 Å². The van der Waals surface area contributed by atoms with Crippen LogP contribution in [-0.2, 0) is 11.2 Å². The van der Waals surface area contributed by atoms with E-state index in [1.807, 2.05) is 35.5 Å². The third-order valence-electron chi connectivity index (χ3n) is 5.04. The van der Waals surface area contributed by atoms with E-state index in [-0.39, 0.29) is 11.9 Å². The summed E-state index contributed by atoms with van der Waals surface area (Å²) in [5.41, 5.74) is 4.37. The molecule has 0 aliphatic carbocycles. The summed E-state index contributed by atoms with van der Waals surface area (Å²) in [6.45, 7) is 2.88. The summed E-state index contributed by atoms with van der Waals surface area (Å²) in [6, 6.07) is 8.26. The summed E-state index contributed by atoms with van der Waals surface area (Å²) in [4.78, 5) is 18.3. The molecule has 2 N–H and O–H groups in total. The first kappa shape index (κ1) is 15.0. The number of nitrogens with one attached hydrogen (secondary N) is 2. The molecule has 5 nitrogen and oxygen atoms in total. The zero-order valence-electron chi connectivity index (χ0n) is 13.9. The molecule has 0 unspecified atom stereocenters. The molecule has 3 heterocycles. The fraction of sp³-hybridized carbons (Fsp3) is 0.368. The van der Waals surface area contributed by atoms with Crippen molar-refractivity contribution in [1.29, 1.82) is 0 Å². The molecule has 0 saturated carbocycles. The highest BCUT2D eigenvalue weighted by Crippen LogP contribution is 2.32. The number of fused-ring (bicyclic) bond motifs is 1. The van der Waals surface area contributed by atoms with Crippen molar-refractivity contribution in [3.8, 4) is 0 Å². The van der Waals surface area contributed by atoms with Crippen molar-refractivity contribution in [2.45, 2.75) is 38.6 Å². The fourth-order valence-electron chi connectivity index (χ4n) is 3.77. The lowest BCUT2D eigenvalue weighted by atomic mass is 9.96. The van der Waals surface area contributed by atoms with Crippen LogP contribution in [0.3, 0.4) is 0 Å². The molecule has 1 saturated heterocycles. The van der Waals surface area contributed by atoms with E-state index >= 15 is 0 Å². The number of piperidine rings is 1. The van der Waals surface area contributed by atoms with Crippen molar-refractivity contribution < 1.29 is 4.79 Å². The zero-order valence-corrected chi connectivity index (χ0v) is 13.9. The molecule has 4 rings (SSSR count). The molecule has 124 valence electrons. The van der Waals surface area contributed by atoms with Gasteiger partial charge in [0.1, 0.15) is 0 Å². The molecule has 0 radical (unpaired) electrons. The van der Waals surface area contributed by atoms with Crippen molar-refractivity contribution in [3.05, 3.63) is 53.5 Å². The number of aromatic nitrogens is 3. The van der Waals surface area contributed by atoms with E-state index in [1.54, 1.807) is 0 Å². The average molecular weight is 322 g/mol. The maximum Gasteiger partial charge on any atom is 0.227 e. The number of H-pyrrole nitrogens is 2. The number of rotatable bonds is 3. The lowest BCUT2D eigenvalue weighted by Gasteiger charge is -2.35. The van der Waals surface area contributed by atoms with Gasteiger partial charge in [0.2, 0.25) is 5.91 Å². The maximum absolute atomic E-state index is 13.0. The monoisotopic (exact) mass is 322 g/mol. The number of carbonyl (C=O) groups excluding carboxylic acids is 1. The maximum atomic E-state index is 13.0. The molecule has 1 amide bonds. The van der Waals surface area contributed by atoms with Crippen LogP contribution in [0, 0.1) is 6.92 Å². The molecule has 1 aromatic carbocycles. The van der Waals surface area contributed by atoms with Gasteiger partial charge in [0.05, 0.1) is 24.4 Å². The first-order valence-corrected chi connectivity index (χ1v) is 8.58. The Bertz CT molecular complexity index is 863. The van der Waals surface area contributed by atoms with Crippen molar-refractivity contribution >= 4 is 16.8 Å². The number of para-hydroxylation sites is 1. The number of aryl methyl sites for hydroxylation is 1. The van der Waals surface area contributed by atoms with Crippen LogP contribution in [0.4, 0.5) is 0 Å². The van der Waals surface area contributed by atoms with Crippen molar-refractivity contribution in [1.82, 2.24) is 20.1 Å². The van der Waals surface area contributed by atoms with E-state index in [0.717, 1.165) is 53.5 Å². The minimum Gasteiger partial charge on any atom is -0.361 e. The number of carbonyl (C=O) groups is 1. The Balaban J connectivity index is 1.59. The van der Waals surface area contributed by atoms with E-state index in [9.17, 15) is 4.79 Å². The van der Waals surface area contributed by atoms with Gasteiger partial charge in [-0.1, -0.05) is 18.2 Å². The molecule has 1 aliphatic rings. The first-order valence-electron chi connectivity index (χ1n) is 8.58. The van der Waals surface area contributed by atoms with Crippen LogP contribution >= 0.6 is 0 Å². The quantitative estimate of drug-likeness (QED) is 0.775. The molecule has 0 bridgehead atoms. The van der Waals surface area contributed by atoms with Crippen LogP contribution < -0.4 is 0 Å². The van der Waals surface area contributed by atoms with Gasteiger partial charge in [0.25, 0.3) is 0 Å². The van der Waals surface area contributed by atoms with E-state index < -0.39 is 0 Å². The number of aromatic amines is 2. The molecule has 3 aromatic rings. The standard InChI is InChI=1S/C19H22N4O/c1-13-11-21-22-19(13)17-8-4-5-9-23(17)18(24)10-14-12-20-16-7-3-2-6-15(14)16/h2-3,6-7,11-12,17,20H,4-5,8-10H2,1H3,(H,21,22)/t17-/m0/s1. The van der Waals surface area contributed by atoms with E-state index in [1.165, 1.54) is 0 Å². The van der Waals surface area contributed by atoms with Gasteiger partial charge in [-0.25, -0.2) is 0 Å². The Morgan fingerprint density at radius 2 is 2.21 bits per heavy atom. The minimum atomic E-state index is 0.124. The van der Waals surface area contributed by atoms with Crippen LogP contribution in [0.15, 0.2) is 36.7 Å². The SMILES string of the molecule is Cc1cn[nH]c1[C@@H]1CCCCN1C(=O)Cc1c[nH]c2ccccc12. The molecular weight excluding hydrogens is 300 g/mol. The minimum absolute atomic E-state index is 0.124. The summed E-state index contributed by atoms with van der Waals surface area (Å²) in [5, 5.41) is 8.37. The Kier molecular flexibility index (Phi) is 3.84. The number of benzene rings is 1. The fourth-order valence-corrected chi connectivity index (χ4v) is 3.77. The second kappa shape index (κ2) is 6.15. The molecule has 1 fully saturated rings. The highest BCUT2D eigenvalue weighted by molar-refractivity contribution is 5.89. The zero-order chi connectivity index (χ0) is 16.5. The Labute approximate surface area is 141 Å². The van der Waals surface area contributed by atoms with Gasteiger partial charge in [-0.3, -0.25) is 9.89 Å². The van der Waals surface area contributed by atoms with Gasteiger partial charge < -0.3 is 9.88 Å². The molecule has 5 heteroatoms. The van der Waals surface area contributed by atoms with Crippen molar-refractivity contribution in [3.63, 3.8) is 0 Å². The van der Waals surface area contributed by atoms with Crippen molar-refractivity contribution in [2.75, 3.05) is 6.54 Å². The Hall–Kier alpha value is -2.56. The smallest absolute Gasteiger partial charge is 0.227 e. The van der Waals surface area contributed by atoms with E-state index in [4.69, 9.17) is 0 Å². The highest BCUT2D eigenvalue weighted by Gasteiger charge is 2.30. The number of likely N-dealkylation sites (tertiary alicyclic amines) is 1. The van der Waals surface area contributed by atoms with Gasteiger partial charge in [-0.15, -0.1) is 0 Å². The molecule has 0 spiro atoms. The van der Waals surface area contributed by atoms with Gasteiger partial charge in [0.15, 0.2) is 0 Å². The van der Waals surface area contributed by atoms with Crippen LogP contribution in [0.5, 0.6) is 0 Å². The van der Waals surface area contributed by atoms with Crippen LogP contribution in [0.1, 0.15) is 42.1 Å². The Morgan fingerprint density at radius 1 is 1.33 bits per heavy atom. The van der Waals surface area contributed by atoms with Crippen molar-refractivity contribution in [2.24, 2.45) is 0 Å². The number of hydrogen-bond donors (Lipinski definition) is 2. The molecule has 1 aliphatic heterocycles. The van der Waals surface area contributed by atoms with Crippen LogP contribution in [0.25, 0.3) is 10.9 Å². The Morgan fingerprint density at radius 3 is 3.04 bits per heavy atom. The predicted octanol–water partition coefficient (Wildman–Crippen LogP) is 3.50. The predicted molar refractivity (Wildman–Crippen MR) is 93.6 cm³/mol. The van der Waals surface area contributed by atoms with Crippen LogP contribution in [-0.4, -0.2) is 32.5 Å². The van der Waals surface area contributed by atoms with E-state index in [0.29, 0.717) is 6.42 Å². The second-order valence-electron chi connectivity index (χ2n) is 6.60. The van der Waals surface area contributed by atoms with Gasteiger partial charge >= 0.3 is 0 Å². The summed E-state index contributed by atoms with van der Waals surface area (Å²) in [5.74, 6) is 0.193. The second-order valence-corrected chi connectivity index (χ2v) is 6.60. The van der Waals surface area contributed by atoms with E-state index in [2.05, 4.69) is 28.2 Å². The third kappa shape index (κ3) is 2.60. The lowest BCUT2D eigenvalue weighted by Crippen LogP contribution is -2.39. The normalized spacial score (nSPS) is 18.2. The topological polar surface area (TPSA) is 64.8 Å². The summed E-state index contributed by atoms with van der Waals surface area (Å²) in [7, 11) is 0. The largest absolute Gasteiger partial charge is 0.361 e. The van der Waals surface area contributed by atoms with Gasteiger partial charge in [-0.05, 0) is 43.4 Å². The molecule has 1 atom stereocenters. The molecular formula is C19H22N4O.